The molecule has 1 aliphatic heterocycles. The number of likely N-dealkylation sites (N-methyl/N-ethyl adjacent to an activating group) is 1. The third-order valence-electron chi connectivity index (χ3n) is 6.46. The number of fused-ring (bicyclic) bond motifs is 2. The molecule has 5 nitrogen and oxygen atoms in total. The van der Waals surface area contributed by atoms with Crippen molar-refractivity contribution in [2.75, 3.05) is 20.2 Å². The van der Waals surface area contributed by atoms with E-state index in [4.69, 9.17) is 0 Å². The number of aliphatic hydroxyl groups is 1. The lowest BCUT2D eigenvalue weighted by Crippen LogP contribution is -2.48. The minimum Gasteiger partial charge on any atom is -0.394 e. The van der Waals surface area contributed by atoms with Crippen molar-refractivity contribution in [2.45, 2.75) is 45.6 Å². The van der Waals surface area contributed by atoms with Gasteiger partial charge in [-0.25, -0.2) is 4.39 Å². The largest absolute Gasteiger partial charge is 0.394 e. The third kappa shape index (κ3) is 2.86. The highest BCUT2D eigenvalue weighted by Gasteiger charge is 2.37. The summed E-state index contributed by atoms with van der Waals surface area (Å²) in [6.45, 7) is 3.99. The number of amides is 1. The van der Waals surface area contributed by atoms with E-state index in [1.165, 1.54) is 5.56 Å². The zero-order chi connectivity index (χ0) is 20.0. The molecule has 0 saturated heterocycles. The molecule has 6 heteroatoms. The predicted octanol–water partition coefficient (Wildman–Crippen LogP) is 2.63. The minimum absolute atomic E-state index is 0.0471. The van der Waals surface area contributed by atoms with Gasteiger partial charge in [-0.3, -0.25) is 9.69 Å². The van der Waals surface area contributed by atoms with Crippen molar-refractivity contribution in [1.29, 1.82) is 0 Å². The zero-order valence-corrected chi connectivity index (χ0v) is 16.7. The number of aliphatic hydroxyl groups excluding tert-OH is 1. The van der Waals surface area contributed by atoms with Gasteiger partial charge in [0.25, 0.3) is 0 Å². The van der Waals surface area contributed by atoms with Crippen LogP contribution in [0.2, 0.25) is 0 Å². The van der Waals surface area contributed by atoms with Gasteiger partial charge in [0.05, 0.1) is 24.1 Å². The number of hydrogen-bond acceptors (Lipinski definition) is 3. The molecule has 0 fully saturated rings. The monoisotopic (exact) mass is 385 g/mol. The van der Waals surface area contributed by atoms with Crippen LogP contribution in [-0.4, -0.2) is 52.8 Å². The molecule has 0 radical (unpaired) electrons. The molecule has 4 rings (SSSR count). The molecule has 150 valence electrons. The van der Waals surface area contributed by atoms with Gasteiger partial charge in [0, 0.05) is 23.7 Å². The summed E-state index contributed by atoms with van der Waals surface area (Å²) in [6, 6.07) is 6.01. The second kappa shape index (κ2) is 7.33. The van der Waals surface area contributed by atoms with Gasteiger partial charge in [0.2, 0.25) is 5.91 Å². The number of aromatic nitrogens is 1. The fourth-order valence-electron chi connectivity index (χ4n) is 4.78. The summed E-state index contributed by atoms with van der Waals surface area (Å²) < 4.78 is 15.4. The van der Waals surface area contributed by atoms with Crippen molar-refractivity contribution in [3.63, 3.8) is 0 Å². The van der Waals surface area contributed by atoms with Crippen LogP contribution in [0.25, 0.3) is 16.5 Å². The van der Waals surface area contributed by atoms with Gasteiger partial charge in [-0.2, -0.15) is 0 Å². The van der Waals surface area contributed by atoms with Gasteiger partial charge in [-0.05, 0) is 49.6 Å². The summed E-state index contributed by atoms with van der Waals surface area (Å²) in [4.78, 5) is 15.0. The number of carbonyl (C=O) groups excluding carboxylic acids is 1. The molecular weight excluding hydrogens is 357 g/mol. The highest BCUT2D eigenvalue weighted by atomic mass is 19.1. The van der Waals surface area contributed by atoms with Crippen LogP contribution in [0.4, 0.5) is 4.39 Å². The number of benzene rings is 1. The second-order valence-electron chi connectivity index (χ2n) is 8.00. The van der Waals surface area contributed by atoms with E-state index in [-0.39, 0.29) is 30.5 Å². The van der Waals surface area contributed by atoms with Gasteiger partial charge in [-0.1, -0.05) is 25.1 Å². The molecule has 0 spiro atoms. The van der Waals surface area contributed by atoms with Crippen molar-refractivity contribution in [3.8, 4) is 0 Å². The topological polar surface area (TPSA) is 57.5 Å². The fourth-order valence-corrected chi connectivity index (χ4v) is 4.78. The van der Waals surface area contributed by atoms with E-state index >= 15 is 0 Å². The highest BCUT2D eigenvalue weighted by molar-refractivity contribution is 6.00. The Balaban J connectivity index is 1.78. The van der Waals surface area contributed by atoms with Crippen LogP contribution in [-0.2, 0) is 18.0 Å². The van der Waals surface area contributed by atoms with Crippen LogP contribution >= 0.6 is 0 Å². The van der Waals surface area contributed by atoms with Crippen molar-refractivity contribution >= 4 is 22.4 Å². The zero-order valence-electron chi connectivity index (χ0n) is 16.7. The molecule has 0 saturated carbocycles. The molecule has 0 unspecified atom stereocenters. The van der Waals surface area contributed by atoms with Crippen LogP contribution in [0.15, 0.2) is 24.3 Å². The molecule has 2 heterocycles. The molecule has 2 aromatic rings. The van der Waals surface area contributed by atoms with E-state index in [0.29, 0.717) is 13.0 Å². The second-order valence-corrected chi connectivity index (χ2v) is 8.00. The molecule has 0 bridgehead atoms. The van der Waals surface area contributed by atoms with Gasteiger partial charge < -0.3 is 15.0 Å². The number of halogens is 1. The van der Waals surface area contributed by atoms with E-state index in [0.717, 1.165) is 34.2 Å². The van der Waals surface area contributed by atoms with Crippen molar-refractivity contribution in [3.05, 3.63) is 41.1 Å². The lowest BCUT2D eigenvalue weighted by atomic mass is 9.79. The lowest BCUT2D eigenvalue weighted by Gasteiger charge is -2.39. The third-order valence-corrected chi connectivity index (χ3v) is 6.46. The first-order valence-corrected chi connectivity index (χ1v) is 10.00. The Kier molecular flexibility index (Phi) is 5.02. The maximum absolute atomic E-state index is 13.7. The first-order valence-electron chi connectivity index (χ1n) is 10.00. The van der Waals surface area contributed by atoms with Crippen LogP contribution in [0.3, 0.4) is 0 Å². The lowest BCUT2D eigenvalue weighted by molar-refractivity contribution is -0.125. The van der Waals surface area contributed by atoms with Crippen molar-refractivity contribution < 1.29 is 14.3 Å². The molecule has 28 heavy (non-hydrogen) atoms. The number of nitrogens with one attached hydrogen (secondary N) is 1. The Hall–Kier alpha value is -2.18. The van der Waals surface area contributed by atoms with Gasteiger partial charge in [-0.15, -0.1) is 0 Å². The average molecular weight is 385 g/mol. The Labute approximate surface area is 164 Å². The number of nitrogens with zero attached hydrogens (tertiary/aromatic N) is 2. The Morgan fingerprint density at radius 2 is 2.21 bits per heavy atom. The molecular formula is C22H28FN3O2. The maximum atomic E-state index is 13.7. The first-order chi connectivity index (χ1) is 13.5. The van der Waals surface area contributed by atoms with E-state index < -0.39 is 6.80 Å². The normalized spacial score (nSPS) is 22.7. The van der Waals surface area contributed by atoms with Crippen LogP contribution in [0, 0.1) is 12.8 Å². The molecule has 2 N–H and O–H groups in total. The van der Waals surface area contributed by atoms with Crippen molar-refractivity contribution in [1.82, 2.24) is 14.8 Å². The first kappa shape index (κ1) is 19.2. The van der Waals surface area contributed by atoms with Crippen molar-refractivity contribution in [2.24, 2.45) is 5.92 Å². The molecule has 1 amide bonds. The molecule has 1 aromatic heterocycles. The smallest absolute Gasteiger partial charge is 0.228 e. The highest BCUT2D eigenvalue weighted by Crippen LogP contribution is 2.43. The Morgan fingerprint density at radius 1 is 1.43 bits per heavy atom. The number of alkyl halides is 1. The van der Waals surface area contributed by atoms with E-state index in [2.05, 4.69) is 22.4 Å². The Morgan fingerprint density at radius 3 is 2.89 bits per heavy atom. The van der Waals surface area contributed by atoms with Gasteiger partial charge >= 0.3 is 0 Å². The van der Waals surface area contributed by atoms with E-state index in [1.54, 1.807) is 4.57 Å². The summed E-state index contributed by atoms with van der Waals surface area (Å²) in [6.07, 6.45) is 3.61. The van der Waals surface area contributed by atoms with E-state index in [9.17, 15) is 14.3 Å². The summed E-state index contributed by atoms with van der Waals surface area (Å²) in [5.41, 5.74) is 5.39. The SMILES string of the molecule is CC[C@@H](CO)NC(=O)[C@@H]1C=C2c3cccc4c3c(c(C)n4CF)C[C@H]2N(C)C1. The van der Waals surface area contributed by atoms with E-state index in [1.807, 2.05) is 33.0 Å². The summed E-state index contributed by atoms with van der Waals surface area (Å²) >= 11 is 0. The summed E-state index contributed by atoms with van der Waals surface area (Å²) in [5.74, 6) is -0.313. The average Bonchev–Trinajstić information content (AvgIpc) is 2.98. The van der Waals surface area contributed by atoms with Crippen LogP contribution in [0.5, 0.6) is 0 Å². The predicted molar refractivity (Wildman–Crippen MR) is 109 cm³/mol. The molecule has 1 aliphatic carbocycles. The fraction of sp³-hybridized carbons (Fsp3) is 0.500. The van der Waals surface area contributed by atoms with Crippen LogP contribution in [0.1, 0.15) is 30.2 Å². The molecule has 3 atom stereocenters. The maximum Gasteiger partial charge on any atom is 0.228 e. The van der Waals surface area contributed by atoms with Crippen LogP contribution < -0.4 is 5.32 Å². The summed E-state index contributed by atoms with van der Waals surface area (Å²) in [5, 5.41) is 13.5. The quantitative estimate of drug-likeness (QED) is 0.832. The van der Waals surface area contributed by atoms with Gasteiger partial charge in [0.15, 0.2) is 6.80 Å². The standard InChI is InChI=1S/C22H28FN3O2/c1-4-15(11-27)24-22(28)14-8-18-16-6-5-7-19-21(16)17(13(2)26(19)12-23)9-20(18)25(3)10-14/h5-8,14-15,20,27H,4,9-12H2,1-3H3,(H,24,28)/t14-,15+,20-/m1/s1. The Bertz CT molecular complexity index is 945. The summed E-state index contributed by atoms with van der Waals surface area (Å²) in [7, 11) is 2.05. The number of carbonyl (C=O) groups is 1. The van der Waals surface area contributed by atoms with Gasteiger partial charge in [0.1, 0.15) is 0 Å². The minimum atomic E-state index is -0.532. The molecule has 1 aromatic carbocycles. The number of hydrogen-bond donors (Lipinski definition) is 2. The molecule has 2 aliphatic rings. The number of rotatable bonds is 5.